The minimum atomic E-state index is 0.548. The molecule has 1 atom stereocenters. The smallest absolute Gasteiger partial charge is 0.191 e. The van der Waals surface area contributed by atoms with Crippen LogP contribution in [0.3, 0.4) is 0 Å². The van der Waals surface area contributed by atoms with Gasteiger partial charge in [-0.1, -0.05) is 12.8 Å². The number of rotatable bonds is 7. The minimum absolute atomic E-state index is 0.548. The molecule has 1 aliphatic carbocycles. The number of hydrogen-bond donors (Lipinski definition) is 2. The van der Waals surface area contributed by atoms with Crippen molar-refractivity contribution in [3.8, 4) is 0 Å². The Morgan fingerprint density at radius 2 is 1.97 bits per heavy atom. The molecule has 4 rings (SSSR count). The largest absolute Gasteiger partial charge is 0.357 e. The van der Waals surface area contributed by atoms with Gasteiger partial charge >= 0.3 is 0 Å². The first kappa shape index (κ1) is 22.0. The van der Waals surface area contributed by atoms with E-state index in [0.717, 1.165) is 31.6 Å². The summed E-state index contributed by atoms with van der Waals surface area (Å²) in [6.07, 6.45) is 9.38. The van der Waals surface area contributed by atoms with Crippen molar-refractivity contribution in [2.75, 3.05) is 39.3 Å². The molecule has 1 saturated carbocycles. The van der Waals surface area contributed by atoms with Crippen LogP contribution in [0.25, 0.3) is 0 Å². The van der Waals surface area contributed by atoms with Crippen molar-refractivity contribution in [3.63, 3.8) is 0 Å². The van der Waals surface area contributed by atoms with Gasteiger partial charge in [-0.3, -0.25) is 14.8 Å². The Hall–Kier alpha value is -1.18. The number of aliphatic imine (C=N–C) groups is 1. The second-order valence-electron chi connectivity index (χ2n) is 9.36. The van der Waals surface area contributed by atoms with Crippen LogP contribution in [0.1, 0.15) is 62.6 Å². The minimum Gasteiger partial charge on any atom is -0.357 e. The van der Waals surface area contributed by atoms with Gasteiger partial charge < -0.3 is 10.6 Å². The topological polar surface area (TPSA) is 55.8 Å². The van der Waals surface area contributed by atoms with Crippen LogP contribution in [-0.4, -0.2) is 72.1 Å². The molecule has 30 heavy (non-hydrogen) atoms. The summed E-state index contributed by atoms with van der Waals surface area (Å²) in [5.41, 5.74) is 1.23. The number of aryl methyl sites for hydroxylation is 1. The number of guanidine groups is 1. The van der Waals surface area contributed by atoms with Crippen molar-refractivity contribution in [3.05, 3.63) is 16.1 Å². The maximum Gasteiger partial charge on any atom is 0.191 e. The van der Waals surface area contributed by atoms with Gasteiger partial charge in [0.2, 0.25) is 0 Å². The van der Waals surface area contributed by atoms with E-state index >= 15 is 0 Å². The van der Waals surface area contributed by atoms with E-state index in [9.17, 15) is 0 Å². The highest BCUT2D eigenvalue weighted by Crippen LogP contribution is 2.26. The monoisotopic (exact) mass is 432 g/mol. The molecule has 6 nitrogen and oxygen atoms in total. The fourth-order valence-corrected chi connectivity index (χ4v) is 5.88. The molecule has 3 fully saturated rings. The maximum absolute atomic E-state index is 4.98. The fraction of sp³-hybridized carbons (Fsp3) is 0.826. The lowest BCUT2D eigenvalue weighted by Gasteiger charge is -2.31. The van der Waals surface area contributed by atoms with E-state index < -0.39 is 0 Å². The third-order valence-corrected chi connectivity index (χ3v) is 7.84. The highest BCUT2D eigenvalue weighted by Gasteiger charge is 2.30. The van der Waals surface area contributed by atoms with E-state index in [4.69, 9.17) is 4.99 Å². The second kappa shape index (κ2) is 10.9. The van der Waals surface area contributed by atoms with Crippen LogP contribution in [-0.2, 0) is 6.54 Å². The molecule has 7 heteroatoms. The molecule has 3 aliphatic rings. The summed E-state index contributed by atoms with van der Waals surface area (Å²) in [7, 11) is 0. The lowest BCUT2D eigenvalue weighted by molar-refractivity contribution is 0.179. The van der Waals surface area contributed by atoms with Crippen LogP contribution in [0, 0.1) is 12.8 Å². The molecule has 0 bridgehead atoms. The summed E-state index contributed by atoms with van der Waals surface area (Å²) >= 11 is 1.76. The predicted octanol–water partition coefficient (Wildman–Crippen LogP) is 3.24. The van der Waals surface area contributed by atoms with Gasteiger partial charge in [0.15, 0.2) is 5.96 Å². The van der Waals surface area contributed by atoms with Crippen molar-refractivity contribution in [2.24, 2.45) is 10.9 Å². The van der Waals surface area contributed by atoms with E-state index in [2.05, 4.69) is 44.6 Å². The van der Waals surface area contributed by atoms with Gasteiger partial charge in [0.25, 0.3) is 0 Å². The molecule has 0 spiro atoms. The Labute approximate surface area is 186 Å². The molecular formula is C23H40N6S. The zero-order chi connectivity index (χ0) is 20.8. The third kappa shape index (κ3) is 6.17. The Morgan fingerprint density at radius 3 is 2.67 bits per heavy atom. The standard InChI is InChI=1S/C23H40N6S/c1-3-24-23(27-20-10-13-29(16-20)22-6-4-5-7-22)25-14-19-8-11-28(12-9-19)15-21-17-30-18(2)26-21/h17,19-20,22H,3-16H2,1-2H3,(H2,24,25,27). The predicted molar refractivity (Wildman–Crippen MR) is 126 cm³/mol. The van der Waals surface area contributed by atoms with Gasteiger partial charge in [-0.2, -0.15) is 0 Å². The average molecular weight is 433 g/mol. The summed E-state index contributed by atoms with van der Waals surface area (Å²) in [4.78, 5) is 14.9. The number of nitrogens with one attached hydrogen (secondary N) is 2. The first-order chi connectivity index (χ1) is 14.7. The first-order valence-electron chi connectivity index (χ1n) is 12.1. The molecule has 1 unspecified atom stereocenters. The number of nitrogens with zero attached hydrogens (tertiary/aromatic N) is 4. The Morgan fingerprint density at radius 1 is 1.17 bits per heavy atom. The van der Waals surface area contributed by atoms with Crippen LogP contribution in [0.4, 0.5) is 0 Å². The molecule has 2 saturated heterocycles. The summed E-state index contributed by atoms with van der Waals surface area (Å²) in [6, 6.07) is 1.39. The highest BCUT2D eigenvalue weighted by molar-refractivity contribution is 7.09. The number of likely N-dealkylation sites (tertiary alicyclic amines) is 2. The van der Waals surface area contributed by atoms with Crippen LogP contribution in [0.2, 0.25) is 0 Å². The van der Waals surface area contributed by atoms with Gasteiger partial charge in [-0.15, -0.1) is 11.3 Å². The van der Waals surface area contributed by atoms with E-state index in [1.807, 2.05) is 0 Å². The van der Waals surface area contributed by atoms with Crippen molar-refractivity contribution < 1.29 is 0 Å². The van der Waals surface area contributed by atoms with Crippen LogP contribution in [0.15, 0.2) is 10.4 Å². The molecule has 2 aliphatic heterocycles. The maximum atomic E-state index is 4.98. The average Bonchev–Trinajstić information content (AvgIpc) is 3.50. The second-order valence-corrected chi connectivity index (χ2v) is 10.4. The Kier molecular flexibility index (Phi) is 8.01. The molecule has 0 radical (unpaired) electrons. The van der Waals surface area contributed by atoms with E-state index in [1.165, 1.54) is 81.8 Å². The normalized spacial score (nSPS) is 25.3. The Balaban J connectivity index is 1.20. The zero-order valence-electron chi connectivity index (χ0n) is 18.9. The summed E-state index contributed by atoms with van der Waals surface area (Å²) < 4.78 is 0. The zero-order valence-corrected chi connectivity index (χ0v) is 19.7. The molecule has 0 amide bonds. The summed E-state index contributed by atoms with van der Waals surface area (Å²) in [5, 5.41) is 10.6. The number of piperidine rings is 1. The fourth-order valence-electron chi connectivity index (χ4n) is 5.28. The van der Waals surface area contributed by atoms with Crippen LogP contribution < -0.4 is 10.6 Å². The van der Waals surface area contributed by atoms with Gasteiger partial charge in [0, 0.05) is 50.2 Å². The molecular weight excluding hydrogens is 392 g/mol. The van der Waals surface area contributed by atoms with E-state index in [-0.39, 0.29) is 0 Å². The van der Waals surface area contributed by atoms with Crippen molar-refractivity contribution in [1.82, 2.24) is 25.4 Å². The molecule has 3 heterocycles. The van der Waals surface area contributed by atoms with Gasteiger partial charge in [-0.25, -0.2) is 4.98 Å². The number of thiazole rings is 1. The number of hydrogen-bond acceptors (Lipinski definition) is 5. The van der Waals surface area contributed by atoms with Crippen LogP contribution >= 0.6 is 11.3 Å². The third-order valence-electron chi connectivity index (χ3n) is 7.01. The quantitative estimate of drug-likeness (QED) is 0.512. The van der Waals surface area contributed by atoms with Gasteiger partial charge in [0.1, 0.15) is 0 Å². The number of aromatic nitrogens is 1. The molecule has 1 aromatic rings. The molecule has 0 aromatic carbocycles. The van der Waals surface area contributed by atoms with Crippen molar-refractivity contribution in [1.29, 1.82) is 0 Å². The van der Waals surface area contributed by atoms with Gasteiger partial charge in [0.05, 0.1) is 10.7 Å². The Bertz CT molecular complexity index is 675. The highest BCUT2D eigenvalue weighted by atomic mass is 32.1. The van der Waals surface area contributed by atoms with Crippen molar-refractivity contribution in [2.45, 2.75) is 77.4 Å². The van der Waals surface area contributed by atoms with Crippen molar-refractivity contribution >= 4 is 17.3 Å². The molecule has 2 N–H and O–H groups in total. The summed E-state index contributed by atoms with van der Waals surface area (Å²) in [6.45, 7) is 11.9. The van der Waals surface area contributed by atoms with Crippen LogP contribution in [0.5, 0.6) is 0 Å². The molecule has 168 valence electrons. The summed E-state index contributed by atoms with van der Waals surface area (Å²) in [5.74, 6) is 1.73. The van der Waals surface area contributed by atoms with E-state index in [0.29, 0.717) is 12.0 Å². The van der Waals surface area contributed by atoms with E-state index in [1.54, 1.807) is 11.3 Å². The SMILES string of the molecule is CCNC(=NCC1CCN(Cc2csc(C)n2)CC1)NC1CCN(C2CCCC2)C1. The first-order valence-corrected chi connectivity index (χ1v) is 13.0. The molecule has 1 aromatic heterocycles. The lowest BCUT2D eigenvalue weighted by atomic mass is 9.97. The lowest BCUT2D eigenvalue weighted by Crippen LogP contribution is -2.45. The van der Waals surface area contributed by atoms with Gasteiger partial charge in [-0.05, 0) is 65.0 Å².